The minimum atomic E-state index is -0.301. The fourth-order valence-electron chi connectivity index (χ4n) is 5.25. The van der Waals surface area contributed by atoms with Gasteiger partial charge in [0.1, 0.15) is 5.82 Å². The van der Waals surface area contributed by atoms with Gasteiger partial charge in [-0.25, -0.2) is 4.39 Å². The molecule has 1 saturated heterocycles. The maximum Gasteiger partial charge on any atom is 0.162 e. The lowest BCUT2D eigenvalue weighted by molar-refractivity contribution is 0.0971. The van der Waals surface area contributed by atoms with Crippen molar-refractivity contribution in [1.82, 2.24) is 4.90 Å². The molecular weight excluding hydrogens is 453 g/mol. The first-order chi connectivity index (χ1) is 17.0. The van der Waals surface area contributed by atoms with E-state index in [1.54, 1.807) is 12.1 Å². The second-order valence-corrected chi connectivity index (χ2v) is 10.9. The number of hydrogen-bond donors (Lipinski definition) is 0. The lowest BCUT2D eigenvalue weighted by atomic mass is 9.84. The summed E-state index contributed by atoms with van der Waals surface area (Å²) in [6, 6.07) is 23.9. The summed E-state index contributed by atoms with van der Waals surface area (Å²) in [7, 11) is 0. The maximum atomic E-state index is 13.1. The molecule has 1 spiro atoms. The highest BCUT2D eigenvalue weighted by Crippen LogP contribution is 2.61. The van der Waals surface area contributed by atoms with Crippen molar-refractivity contribution in [2.45, 2.75) is 42.6 Å². The SMILES string of the molecule is C=C.Cc1ccc(C2SC3(CCN(CCCC(=O)c4ccc(F)cc4)CC3)c3ccccc32)cc1. The molecule has 0 radical (unpaired) electrons. The van der Waals surface area contributed by atoms with Gasteiger partial charge in [0.15, 0.2) is 5.78 Å². The molecule has 0 amide bonds. The van der Waals surface area contributed by atoms with Crippen LogP contribution in [0.15, 0.2) is 86.0 Å². The average Bonchev–Trinajstić information content (AvgIpc) is 3.21. The molecule has 1 unspecified atom stereocenters. The monoisotopic (exact) mass is 487 g/mol. The molecule has 4 heteroatoms. The smallest absolute Gasteiger partial charge is 0.162 e. The Balaban J connectivity index is 0.00000141. The van der Waals surface area contributed by atoms with Gasteiger partial charge in [0, 0.05) is 16.7 Å². The quantitative estimate of drug-likeness (QED) is 0.262. The molecule has 3 aromatic rings. The molecule has 1 fully saturated rings. The third-order valence-electron chi connectivity index (χ3n) is 7.17. The molecule has 3 aromatic carbocycles. The summed E-state index contributed by atoms with van der Waals surface area (Å²) in [6.45, 7) is 11.2. The third kappa shape index (κ3) is 5.60. The molecule has 2 nitrogen and oxygen atoms in total. The minimum absolute atomic E-state index is 0.102. The largest absolute Gasteiger partial charge is 0.303 e. The number of carbonyl (C=O) groups excluding carboxylic acids is 1. The Morgan fingerprint density at radius 3 is 2.34 bits per heavy atom. The highest BCUT2D eigenvalue weighted by molar-refractivity contribution is 8.01. The van der Waals surface area contributed by atoms with Crippen LogP contribution in [0.1, 0.15) is 63.5 Å². The summed E-state index contributed by atoms with van der Waals surface area (Å²) in [5, 5.41) is 0.404. The van der Waals surface area contributed by atoms with E-state index in [1.165, 1.54) is 34.4 Å². The Morgan fingerprint density at radius 1 is 1.00 bits per heavy atom. The Morgan fingerprint density at radius 2 is 1.66 bits per heavy atom. The van der Waals surface area contributed by atoms with Crippen LogP contribution < -0.4 is 0 Å². The number of halogens is 1. The molecule has 0 bridgehead atoms. The van der Waals surface area contributed by atoms with Crippen LogP contribution in [0, 0.1) is 12.7 Å². The van der Waals surface area contributed by atoms with Gasteiger partial charge < -0.3 is 4.90 Å². The molecule has 2 aliphatic heterocycles. The fourth-order valence-corrected chi connectivity index (χ4v) is 7.06. The van der Waals surface area contributed by atoms with Gasteiger partial charge in [-0.1, -0.05) is 54.1 Å². The zero-order valence-electron chi connectivity index (χ0n) is 20.5. The summed E-state index contributed by atoms with van der Waals surface area (Å²) in [4.78, 5) is 14.9. The molecule has 2 heterocycles. The van der Waals surface area contributed by atoms with Gasteiger partial charge in [-0.3, -0.25) is 4.79 Å². The molecule has 5 rings (SSSR count). The normalized spacial score (nSPS) is 18.5. The number of rotatable bonds is 6. The molecule has 0 saturated carbocycles. The van der Waals surface area contributed by atoms with E-state index in [9.17, 15) is 9.18 Å². The molecule has 0 aliphatic carbocycles. The van der Waals surface area contributed by atoms with Crippen LogP contribution >= 0.6 is 11.8 Å². The lowest BCUT2D eigenvalue weighted by Gasteiger charge is -2.39. The fraction of sp³-hybridized carbons (Fsp3) is 0.323. The number of likely N-dealkylation sites (tertiary alicyclic amines) is 1. The number of carbonyl (C=O) groups is 1. The van der Waals surface area contributed by atoms with Crippen molar-refractivity contribution >= 4 is 17.5 Å². The van der Waals surface area contributed by atoms with Crippen LogP contribution in [0.2, 0.25) is 0 Å². The summed E-state index contributed by atoms with van der Waals surface area (Å²) < 4.78 is 13.3. The van der Waals surface area contributed by atoms with Crippen molar-refractivity contribution < 1.29 is 9.18 Å². The Labute approximate surface area is 213 Å². The van der Waals surface area contributed by atoms with Crippen molar-refractivity contribution in [3.63, 3.8) is 0 Å². The van der Waals surface area contributed by atoms with Gasteiger partial charge in [-0.2, -0.15) is 0 Å². The van der Waals surface area contributed by atoms with E-state index in [0.717, 1.165) is 38.9 Å². The molecule has 0 aromatic heterocycles. The number of piperidine rings is 1. The van der Waals surface area contributed by atoms with E-state index in [1.807, 2.05) is 0 Å². The third-order valence-corrected chi connectivity index (χ3v) is 9.01. The number of fused-ring (bicyclic) bond motifs is 2. The van der Waals surface area contributed by atoms with Crippen LogP contribution in [0.3, 0.4) is 0 Å². The van der Waals surface area contributed by atoms with Crippen LogP contribution in [0.25, 0.3) is 0 Å². The minimum Gasteiger partial charge on any atom is -0.303 e. The van der Waals surface area contributed by atoms with Gasteiger partial charge in [0.25, 0.3) is 0 Å². The Bertz CT molecular complexity index is 1130. The molecule has 2 aliphatic rings. The van der Waals surface area contributed by atoms with E-state index in [2.05, 4.69) is 85.3 Å². The predicted molar refractivity (Wildman–Crippen MR) is 146 cm³/mol. The van der Waals surface area contributed by atoms with Gasteiger partial charge >= 0.3 is 0 Å². The zero-order chi connectivity index (χ0) is 24.8. The zero-order valence-corrected chi connectivity index (χ0v) is 21.3. The van der Waals surface area contributed by atoms with Gasteiger partial charge in [0.2, 0.25) is 0 Å². The number of nitrogens with zero attached hydrogens (tertiary/aromatic N) is 1. The standard InChI is InChI=1S/C29H30FNOS.C2H4/c1-21-8-10-23(11-9-21)28-25-5-2-3-6-26(25)29(33-28)16-19-31(20-17-29)18-4-7-27(32)22-12-14-24(30)15-13-22;1-2/h2-3,5-6,8-15,28H,4,7,16-20H2,1H3;1-2H2. The van der Waals surface area contributed by atoms with E-state index in [4.69, 9.17) is 0 Å². The summed E-state index contributed by atoms with van der Waals surface area (Å²) in [5.41, 5.74) is 6.30. The summed E-state index contributed by atoms with van der Waals surface area (Å²) in [6.07, 6.45) is 3.64. The van der Waals surface area contributed by atoms with Crippen molar-refractivity contribution in [3.05, 3.63) is 120 Å². The number of ketones is 1. The first-order valence-electron chi connectivity index (χ1n) is 12.4. The first-order valence-corrected chi connectivity index (χ1v) is 13.3. The average molecular weight is 488 g/mol. The van der Waals surface area contributed by atoms with Crippen LogP contribution in [-0.4, -0.2) is 30.3 Å². The van der Waals surface area contributed by atoms with Crippen LogP contribution in [-0.2, 0) is 4.75 Å². The second-order valence-electron chi connectivity index (χ2n) is 9.37. The van der Waals surface area contributed by atoms with E-state index in [-0.39, 0.29) is 16.3 Å². The number of hydrogen-bond acceptors (Lipinski definition) is 3. The van der Waals surface area contributed by atoms with Crippen molar-refractivity contribution in [2.24, 2.45) is 0 Å². The van der Waals surface area contributed by atoms with Gasteiger partial charge in [0.05, 0.1) is 5.25 Å². The van der Waals surface area contributed by atoms with Gasteiger partial charge in [-0.15, -0.1) is 24.9 Å². The van der Waals surface area contributed by atoms with Crippen molar-refractivity contribution in [2.75, 3.05) is 19.6 Å². The predicted octanol–water partition coefficient (Wildman–Crippen LogP) is 7.73. The second kappa shape index (κ2) is 11.4. The van der Waals surface area contributed by atoms with Crippen molar-refractivity contribution in [1.29, 1.82) is 0 Å². The Kier molecular flexibility index (Phi) is 8.25. The first kappa shape index (κ1) is 25.4. The lowest BCUT2D eigenvalue weighted by Crippen LogP contribution is -2.40. The van der Waals surface area contributed by atoms with E-state index >= 15 is 0 Å². The highest BCUT2D eigenvalue weighted by atomic mass is 32.2. The number of thioether (sulfide) groups is 1. The number of benzene rings is 3. The molecule has 1 atom stereocenters. The molecule has 182 valence electrons. The van der Waals surface area contributed by atoms with Crippen LogP contribution in [0.4, 0.5) is 4.39 Å². The Hall–Kier alpha value is -2.69. The van der Waals surface area contributed by atoms with E-state index < -0.39 is 0 Å². The molecule has 35 heavy (non-hydrogen) atoms. The topological polar surface area (TPSA) is 20.3 Å². The number of aryl methyl sites for hydroxylation is 1. The molecular formula is C31H34FNOS. The van der Waals surface area contributed by atoms with Gasteiger partial charge in [-0.05, 0) is 86.8 Å². The number of Topliss-reactive ketones (excluding diaryl/α,β-unsaturated/α-hetero) is 1. The maximum absolute atomic E-state index is 13.1. The van der Waals surface area contributed by atoms with Crippen molar-refractivity contribution in [3.8, 4) is 0 Å². The summed E-state index contributed by atoms with van der Waals surface area (Å²) in [5.74, 6) is -0.200. The summed E-state index contributed by atoms with van der Waals surface area (Å²) >= 11 is 2.14. The highest BCUT2D eigenvalue weighted by Gasteiger charge is 2.46. The van der Waals surface area contributed by atoms with Crippen LogP contribution in [0.5, 0.6) is 0 Å². The molecule has 0 N–H and O–H groups in total. The van der Waals surface area contributed by atoms with E-state index in [0.29, 0.717) is 17.2 Å².